The van der Waals surface area contributed by atoms with Crippen LogP contribution in [-0.2, 0) is 14.8 Å². The Balaban J connectivity index is 1.65. The third kappa shape index (κ3) is 6.11. The van der Waals surface area contributed by atoms with Crippen LogP contribution in [0.2, 0.25) is 0 Å². The number of sulfonamides is 1. The highest BCUT2D eigenvalue weighted by atomic mass is 32.2. The summed E-state index contributed by atoms with van der Waals surface area (Å²) in [5, 5.41) is -0.304. The van der Waals surface area contributed by atoms with Gasteiger partial charge in [-0.25, -0.2) is 19.1 Å². The first-order chi connectivity index (χ1) is 16.7. The Labute approximate surface area is 202 Å². The SMILES string of the molecule is CC(C)COc1cc(F)cc(-c2ccc(C(=O)NS(=O)(=O)c3ccccn3)c(OC3COC3)n2)c1. The van der Waals surface area contributed by atoms with Gasteiger partial charge in [0.2, 0.25) is 5.88 Å². The predicted octanol–water partition coefficient (Wildman–Crippen LogP) is 3.21. The lowest BCUT2D eigenvalue weighted by Gasteiger charge is -2.27. The fraction of sp³-hybridized carbons (Fsp3) is 0.292. The molecule has 3 aromatic rings. The van der Waals surface area contributed by atoms with Crippen molar-refractivity contribution in [3.05, 3.63) is 66.1 Å². The fourth-order valence-electron chi connectivity index (χ4n) is 3.10. The van der Waals surface area contributed by atoms with Gasteiger partial charge in [-0.15, -0.1) is 0 Å². The summed E-state index contributed by atoms with van der Waals surface area (Å²) in [5.41, 5.74) is 0.623. The Morgan fingerprint density at radius 2 is 2.00 bits per heavy atom. The summed E-state index contributed by atoms with van der Waals surface area (Å²) in [6.07, 6.45) is 0.952. The second-order valence-corrected chi connectivity index (χ2v) is 9.94. The zero-order chi connectivity index (χ0) is 25.0. The van der Waals surface area contributed by atoms with Crippen LogP contribution in [0.4, 0.5) is 4.39 Å². The molecule has 0 atom stereocenters. The lowest BCUT2D eigenvalue weighted by molar-refractivity contribution is -0.0814. The highest BCUT2D eigenvalue weighted by Crippen LogP contribution is 2.29. The molecular weight excluding hydrogens is 477 g/mol. The van der Waals surface area contributed by atoms with E-state index in [4.69, 9.17) is 14.2 Å². The summed E-state index contributed by atoms with van der Waals surface area (Å²) in [6.45, 7) is 4.97. The first-order valence-electron chi connectivity index (χ1n) is 10.9. The molecule has 0 unspecified atom stereocenters. The number of pyridine rings is 2. The van der Waals surface area contributed by atoms with Crippen molar-refractivity contribution in [2.45, 2.75) is 25.0 Å². The second kappa shape index (κ2) is 10.4. The molecule has 1 N–H and O–H groups in total. The molecular formula is C24H24FN3O6S. The van der Waals surface area contributed by atoms with Crippen LogP contribution in [-0.4, -0.2) is 50.2 Å². The Hall–Kier alpha value is -3.57. The van der Waals surface area contributed by atoms with Crippen LogP contribution in [0.25, 0.3) is 11.3 Å². The van der Waals surface area contributed by atoms with E-state index in [9.17, 15) is 17.6 Å². The number of ether oxygens (including phenoxy) is 3. The molecule has 1 fully saturated rings. The monoisotopic (exact) mass is 501 g/mol. The first-order valence-corrected chi connectivity index (χ1v) is 12.4. The molecule has 1 aromatic carbocycles. The smallest absolute Gasteiger partial charge is 0.281 e. The van der Waals surface area contributed by atoms with Crippen LogP contribution in [0.15, 0.2) is 59.8 Å². The molecule has 11 heteroatoms. The van der Waals surface area contributed by atoms with Crippen molar-refractivity contribution in [1.82, 2.24) is 14.7 Å². The van der Waals surface area contributed by atoms with Gasteiger partial charge in [0.05, 0.1) is 25.5 Å². The largest absolute Gasteiger partial charge is 0.493 e. The quantitative estimate of drug-likeness (QED) is 0.475. The number of nitrogens with one attached hydrogen (secondary N) is 1. The van der Waals surface area contributed by atoms with Gasteiger partial charge < -0.3 is 14.2 Å². The highest BCUT2D eigenvalue weighted by Gasteiger charge is 2.27. The summed E-state index contributed by atoms with van der Waals surface area (Å²) < 4.78 is 57.9. The van der Waals surface area contributed by atoms with Gasteiger partial charge in [0.15, 0.2) is 5.03 Å². The van der Waals surface area contributed by atoms with Gasteiger partial charge in [-0.2, -0.15) is 8.42 Å². The molecule has 1 aliphatic heterocycles. The number of halogens is 1. The number of rotatable bonds is 9. The highest BCUT2D eigenvalue weighted by molar-refractivity contribution is 7.90. The Morgan fingerprint density at radius 3 is 2.66 bits per heavy atom. The van der Waals surface area contributed by atoms with Crippen molar-refractivity contribution in [2.24, 2.45) is 5.92 Å². The molecule has 9 nitrogen and oxygen atoms in total. The zero-order valence-electron chi connectivity index (χ0n) is 19.1. The molecule has 3 heterocycles. The maximum absolute atomic E-state index is 14.3. The van der Waals surface area contributed by atoms with Gasteiger partial charge in [-0.1, -0.05) is 19.9 Å². The van der Waals surface area contributed by atoms with E-state index in [0.717, 1.165) is 0 Å². The van der Waals surface area contributed by atoms with E-state index in [-0.39, 0.29) is 28.5 Å². The number of carbonyl (C=O) groups is 1. The van der Waals surface area contributed by atoms with Crippen LogP contribution in [0.1, 0.15) is 24.2 Å². The average Bonchev–Trinajstić information content (AvgIpc) is 2.80. The molecule has 2 aromatic heterocycles. The van der Waals surface area contributed by atoms with Crippen molar-refractivity contribution >= 4 is 15.9 Å². The van der Waals surface area contributed by atoms with Crippen molar-refractivity contribution < 1.29 is 31.8 Å². The van der Waals surface area contributed by atoms with Crippen molar-refractivity contribution in [3.8, 4) is 22.9 Å². The van der Waals surface area contributed by atoms with Gasteiger partial charge in [0.1, 0.15) is 23.2 Å². The number of aromatic nitrogens is 2. The van der Waals surface area contributed by atoms with Crippen LogP contribution in [0.3, 0.4) is 0 Å². The number of nitrogens with zero attached hydrogens (tertiary/aromatic N) is 2. The number of carbonyl (C=O) groups excluding carboxylic acids is 1. The van der Waals surface area contributed by atoms with Gasteiger partial charge in [0, 0.05) is 17.8 Å². The lowest BCUT2D eigenvalue weighted by Crippen LogP contribution is -2.39. The van der Waals surface area contributed by atoms with Gasteiger partial charge in [0.25, 0.3) is 15.9 Å². The predicted molar refractivity (Wildman–Crippen MR) is 124 cm³/mol. The van der Waals surface area contributed by atoms with E-state index in [1.54, 1.807) is 12.1 Å². The van der Waals surface area contributed by atoms with Crippen molar-refractivity contribution in [1.29, 1.82) is 0 Å². The maximum Gasteiger partial charge on any atom is 0.281 e. The van der Waals surface area contributed by atoms with E-state index in [0.29, 0.717) is 36.8 Å². The second-order valence-electron chi connectivity index (χ2n) is 8.31. The third-order valence-corrected chi connectivity index (χ3v) is 6.13. The molecule has 0 spiro atoms. The molecule has 1 saturated heterocycles. The molecule has 184 valence electrons. The van der Waals surface area contributed by atoms with Crippen molar-refractivity contribution in [2.75, 3.05) is 19.8 Å². The summed E-state index contributed by atoms with van der Waals surface area (Å²) in [4.78, 5) is 21.1. The molecule has 0 radical (unpaired) electrons. The molecule has 0 saturated carbocycles. The van der Waals surface area contributed by atoms with Gasteiger partial charge >= 0.3 is 0 Å². The minimum Gasteiger partial charge on any atom is -0.493 e. The fourth-order valence-corrected chi connectivity index (χ4v) is 4.01. The molecule has 35 heavy (non-hydrogen) atoms. The van der Waals surface area contributed by atoms with E-state index in [2.05, 4.69) is 9.97 Å². The van der Waals surface area contributed by atoms with Gasteiger partial charge in [-0.05, 0) is 42.3 Å². The van der Waals surface area contributed by atoms with E-state index in [1.165, 1.54) is 42.6 Å². The number of benzene rings is 1. The lowest BCUT2D eigenvalue weighted by atomic mass is 10.1. The first kappa shape index (κ1) is 24.6. The molecule has 0 bridgehead atoms. The van der Waals surface area contributed by atoms with E-state index in [1.807, 2.05) is 18.6 Å². The number of hydrogen-bond donors (Lipinski definition) is 1. The van der Waals surface area contributed by atoms with Crippen LogP contribution >= 0.6 is 0 Å². The summed E-state index contributed by atoms with van der Waals surface area (Å²) in [6, 6.07) is 11.4. The van der Waals surface area contributed by atoms with Crippen LogP contribution in [0, 0.1) is 11.7 Å². The summed E-state index contributed by atoms with van der Waals surface area (Å²) in [5.74, 6) is -0.955. The Bertz CT molecular complexity index is 1310. The van der Waals surface area contributed by atoms with Crippen molar-refractivity contribution in [3.63, 3.8) is 0 Å². The van der Waals surface area contributed by atoms with Crippen LogP contribution in [0.5, 0.6) is 11.6 Å². The molecule has 4 rings (SSSR count). The normalized spacial score (nSPS) is 13.8. The minimum atomic E-state index is -4.22. The Morgan fingerprint density at radius 1 is 1.20 bits per heavy atom. The minimum absolute atomic E-state index is 0.0987. The zero-order valence-corrected chi connectivity index (χ0v) is 19.9. The molecule has 1 amide bonds. The van der Waals surface area contributed by atoms with E-state index >= 15 is 0 Å². The third-order valence-electron chi connectivity index (χ3n) is 4.88. The molecule has 1 aliphatic rings. The van der Waals surface area contributed by atoms with E-state index < -0.39 is 21.7 Å². The summed E-state index contributed by atoms with van der Waals surface area (Å²) >= 11 is 0. The number of amides is 1. The Kier molecular flexibility index (Phi) is 7.27. The standard InChI is InChI=1S/C24H24FN3O6S/c1-15(2)12-33-18-10-16(9-17(25)11-18)21-7-6-20(24(27-21)34-19-13-32-14-19)23(29)28-35(30,31)22-5-3-4-8-26-22/h3-11,15,19H,12-14H2,1-2H3,(H,28,29). The summed E-state index contributed by atoms with van der Waals surface area (Å²) in [7, 11) is -4.22. The maximum atomic E-state index is 14.3. The topological polar surface area (TPSA) is 117 Å². The van der Waals surface area contributed by atoms with Crippen LogP contribution < -0.4 is 14.2 Å². The molecule has 0 aliphatic carbocycles. The van der Waals surface area contributed by atoms with Gasteiger partial charge in [-0.3, -0.25) is 4.79 Å². The average molecular weight is 502 g/mol. The number of hydrogen-bond acceptors (Lipinski definition) is 8.